The Kier molecular flexibility index (Phi) is 7.81. The number of carboxylic acids is 1. The largest absolute Gasteiger partial charge is 0.493 e. The first-order chi connectivity index (χ1) is 10.6. The fraction of sp³-hybridized carbons (Fsp3) is 0.500. The minimum atomic E-state index is -0.889. The lowest BCUT2D eigenvalue weighted by atomic mass is 10.2. The van der Waals surface area contributed by atoms with Crippen LogP contribution in [0.4, 0.5) is 0 Å². The molecule has 6 heteroatoms. The van der Waals surface area contributed by atoms with Crippen molar-refractivity contribution in [2.75, 3.05) is 13.7 Å². The van der Waals surface area contributed by atoms with Crippen LogP contribution >= 0.6 is 0 Å². The number of hydrogen-bond donors (Lipinski definition) is 2. The summed E-state index contributed by atoms with van der Waals surface area (Å²) in [4.78, 5) is 22.0. The molecule has 0 fully saturated rings. The van der Waals surface area contributed by atoms with Crippen LogP contribution < -0.4 is 14.8 Å². The summed E-state index contributed by atoms with van der Waals surface area (Å²) in [7, 11) is 1.57. The number of rotatable bonds is 10. The van der Waals surface area contributed by atoms with E-state index in [1.807, 2.05) is 25.1 Å². The van der Waals surface area contributed by atoms with E-state index in [1.165, 1.54) is 0 Å². The molecular weight excluding hydrogens is 286 g/mol. The topological polar surface area (TPSA) is 84.9 Å². The third-order valence-electron chi connectivity index (χ3n) is 2.97. The zero-order valence-corrected chi connectivity index (χ0v) is 13.1. The monoisotopic (exact) mass is 309 g/mol. The molecule has 0 spiro atoms. The second-order valence-corrected chi connectivity index (χ2v) is 4.86. The van der Waals surface area contributed by atoms with Crippen LogP contribution in [0.1, 0.15) is 38.2 Å². The highest BCUT2D eigenvalue weighted by atomic mass is 16.5. The Balaban J connectivity index is 2.48. The van der Waals surface area contributed by atoms with Gasteiger partial charge in [0.25, 0.3) is 0 Å². The van der Waals surface area contributed by atoms with Crippen LogP contribution in [-0.4, -0.2) is 30.7 Å². The van der Waals surface area contributed by atoms with E-state index in [9.17, 15) is 9.59 Å². The zero-order chi connectivity index (χ0) is 16.4. The fourth-order valence-corrected chi connectivity index (χ4v) is 1.84. The van der Waals surface area contributed by atoms with Gasteiger partial charge in [0.1, 0.15) is 0 Å². The Morgan fingerprint density at radius 3 is 2.64 bits per heavy atom. The summed E-state index contributed by atoms with van der Waals surface area (Å²) in [5, 5.41) is 11.3. The van der Waals surface area contributed by atoms with Crippen molar-refractivity contribution in [3.8, 4) is 11.5 Å². The molecule has 2 N–H and O–H groups in total. The van der Waals surface area contributed by atoms with Gasteiger partial charge in [-0.05, 0) is 30.5 Å². The van der Waals surface area contributed by atoms with Crippen LogP contribution in [0.5, 0.6) is 11.5 Å². The van der Waals surface area contributed by atoms with Gasteiger partial charge < -0.3 is 19.9 Å². The highest BCUT2D eigenvalue weighted by molar-refractivity contribution is 5.76. The molecule has 0 bridgehead atoms. The molecule has 1 aromatic rings. The van der Waals surface area contributed by atoms with Gasteiger partial charge in [-0.3, -0.25) is 9.59 Å². The van der Waals surface area contributed by atoms with E-state index in [4.69, 9.17) is 14.6 Å². The second-order valence-electron chi connectivity index (χ2n) is 4.86. The Morgan fingerprint density at radius 2 is 2.00 bits per heavy atom. The molecule has 0 atom stereocenters. The maximum Gasteiger partial charge on any atom is 0.303 e. The van der Waals surface area contributed by atoms with Gasteiger partial charge in [-0.15, -0.1) is 0 Å². The summed E-state index contributed by atoms with van der Waals surface area (Å²) in [6.45, 7) is 3.02. The highest BCUT2D eigenvalue weighted by Crippen LogP contribution is 2.28. The molecule has 122 valence electrons. The molecule has 0 heterocycles. The number of carbonyl (C=O) groups excluding carboxylic acids is 1. The number of ether oxygens (including phenoxy) is 2. The Bertz CT molecular complexity index is 501. The first kappa shape index (κ1) is 17.8. The van der Waals surface area contributed by atoms with Gasteiger partial charge >= 0.3 is 5.97 Å². The third kappa shape index (κ3) is 6.47. The number of carbonyl (C=O) groups is 2. The van der Waals surface area contributed by atoms with Crippen molar-refractivity contribution in [1.82, 2.24) is 5.32 Å². The normalized spacial score (nSPS) is 10.1. The fourth-order valence-electron chi connectivity index (χ4n) is 1.84. The second kappa shape index (κ2) is 9.65. The summed E-state index contributed by atoms with van der Waals surface area (Å²) < 4.78 is 10.8. The van der Waals surface area contributed by atoms with Crippen molar-refractivity contribution in [2.45, 2.75) is 39.2 Å². The van der Waals surface area contributed by atoms with Crippen molar-refractivity contribution in [2.24, 2.45) is 0 Å². The molecule has 22 heavy (non-hydrogen) atoms. The molecule has 1 aromatic carbocycles. The number of hydrogen-bond acceptors (Lipinski definition) is 4. The SMILES string of the molecule is CCCOc1ccc(CNC(=O)CCCC(=O)O)cc1OC. The van der Waals surface area contributed by atoms with E-state index in [-0.39, 0.29) is 18.7 Å². The number of carboxylic acid groups (broad SMARTS) is 1. The predicted octanol–water partition coefficient (Wildman–Crippen LogP) is 2.36. The molecule has 0 radical (unpaired) electrons. The predicted molar refractivity (Wildman–Crippen MR) is 82.1 cm³/mol. The summed E-state index contributed by atoms with van der Waals surface area (Å²) in [6.07, 6.45) is 1.47. The molecule has 0 saturated heterocycles. The van der Waals surface area contributed by atoms with Crippen molar-refractivity contribution in [3.63, 3.8) is 0 Å². The average Bonchev–Trinajstić information content (AvgIpc) is 2.50. The lowest BCUT2D eigenvalue weighted by Crippen LogP contribution is -2.22. The van der Waals surface area contributed by atoms with E-state index >= 15 is 0 Å². The zero-order valence-electron chi connectivity index (χ0n) is 13.1. The van der Waals surface area contributed by atoms with Crippen molar-refractivity contribution in [3.05, 3.63) is 23.8 Å². The van der Waals surface area contributed by atoms with Crippen LogP contribution in [-0.2, 0) is 16.1 Å². The molecule has 0 unspecified atom stereocenters. The van der Waals surface area contributed by atoms with Gasteiger partial charge in [0.05, 0.1) is 13.7 Å². The Morgan fingerprint density at radius 1 is 1.23 bits per heavy atom. The van der Waals surface area contributed by atoms with E-state index in [0.717, 1.165) is 12.0 Å². The lowest BCUT2D eigenvalue weighted by Gasteiger charge is -2.12. The van der Waals surface area contributed by atoms with Gasteiger partial charge in [0.15, 0.2) is 11.5 Å². The van der Waals surface area contributed by atoms with Crippen LogP contribution in [0.25, 0.3) is 0 Å². The van der Waals surface area contributed by atoms with E-state index in [0.29, 0.717) is 31.1 Å². The van der Waals surface area contributed by atoms with Crippen LogP contribution in [0.15, 0.2) is 18.2 Å². The molecule has 0 aromatic heterocycles. The van der Waals surface area contributed by atoms with E-state index < -0.39 is 5.97 Å². The van der Waals surface area contributed by atoms with Crippen molar-refractivity contribution >= 4 is 11.9 Å². The van der Waals surface area contributed by atoms with Gasteiger partial charge in [0, 0.05) is 19.4 Å². The third-order valence-corrected chi connectivity index (χ3v) is 2.97. The molecule has 0 aliphatic carbocycles. The maximum atomic E-state index is 11.6. The molecular formula is C16H23NO5. The molecule has 0 saturated carbocycles. The first-order valence-electron chi connectivity index (χ1n) is 7.35. The molecule has 0 aliphatic heterocycles. The minimum absolute atomic E-state index is 0.00467. The molecule has 1 amide bonds. The maximum absolute atomic E-state index is 11.6. The smallest absolute Gasteiger partial charge is 0.303 e. The van der Waals surface area contributed by atoms with Crippen molar-refractivity contribution < 1.29 is 24.2 Å². The molecule has 6 nitrogen and oxygen atoms in total. The van der Waals surface area contributed by atoms with E-state index in [1.54, 1.807) is 7.11 Å². The number of benzene rings is 1. The first-order valence-corrected chi connectivity index (χ1v) is 7.35. The lowest BCUT2D eigenvalue weighted by molar-refractivity contribution is -0.137. The summed E-state index contributed by atoms with van der Waals surface area (Å²) in [5.74, 6) is 0.263. The van der Waals surface area contributed by atoms with Crippen molar-refractivity contribution in [1.29, 1.82) is 0 Å². The van der Waals surface area contributed by atoms with Gasteiger partial charge in [-0.25, -0.2) is 0 Å². The summed E-state index contributed by atoms with van der Waals surface area (Å²) in [6, 6.07) is 5.51. The summed E-state index contributed by atoms with van der Waals surface area (Å²) in [5.41, 5.74) is 0.896. The van der Waals surface area contributed by atoms with Gasteiger partial charge in [-0.1, -0.05) is 13.0 Å². The molecule has 0 aliphatic rings. The number of methoxy groups -OCH3 is 1. The standard InChI is InChI=1S/C16H23NO5/c1-3-9-22-13-8-7-12(10-14(13)21-2)11-17-15(18)5-4-6-16(19)20/h7-8,10H,3-6,9,11H2,1-2H3,(H,17,18)(H,19,20). The molecule has 1 rings (SSSR count). The Hall–Kier alpha value is -2.24. The van der Waals surface area contributed by atoms with Crippen LogP contribution in [0.3, 0.4) is 0 Å². The van der Waals surface area contributed by atoms with Crippen LogP contribution in [0.2, 0.25) is 0 Å². The number of amides is 1. The highest BCUT2D eigenvalue weighted by Gasteiger charge is 2.07. The Labute approximate surface area is 130 Å². The average molecular weight is 309 g/mol. The number of aliphatic carboxylic acids is 1. The quantitative estimate of drug-likeness (QED) is 0.693. The van der Waals surface area contributed by atoms with Crippen LogP contribution in [0, 0.1) is 0 Å². The van der Waals surface area contributed by atoms with Gasteiger partial charge in [0.2, 0.25) is 5.91 Å². The number of nitrogens with one attached hydrogen (secondary N) is 1. The summed E-state index contributed by atoms with van der Waals surface area (Å²) >= 11 is 0. The minimum Gasteiger partial charge on any atom is -0.493 e. The van der Waals surface area contributed by atoms with Gasteiger partial charge in [-0.2, -0.15) is 0 Å². The van der Waals surface area contributed by atoms with E-state index in [2.05, 4.69) is 5.32 Å².